The van der Waals surface area contributed by atoms with Gasteiger partial charge in [-0.3, -0.25) is 9.59 Å². The standard InChI is InChI=1S/C16H20F3N3O2/c1-11-5-4-6-12(14(11)15(24)22-7-2-3-8-22)20-9-13(23)21-10-16(17,18)19/h4-6,20H,2-3,7-10H2,1H3,(H,21,23). The number of carbonyl (C=O) groups excluding carboxylic acids is 2. The molecular weight excluding hydrogens is 323 g/mol. The van der Waals surface area contributed by atoms with Crippen LogP contribution in [-0.4, -0.2) is 49.1 Å². The molecule has 132 valence electrons. The zero-order valence-electron chi connectivity index (χ0n) is 13.4. The van der Waals surface area contributed by atoms with Crippen molar-refractivity contribution in [3.8, 4) is 0 Å². The molecule has 0 unspecified atom stereocenters. The van der Waals surface area contributed by atoms with E-state index in [2.05, 4.69) is 5.32 Å². The van der Waals surface area contributed by atoms with Crippen molar-refractivity contribution in [2.45, 2.75) is 25.9 Å². The Morgan fingerprint density at radius 1 is 1.21 bits per heavy atom. The second kappa shape index (κ2) is 7.55. The van der Waals surface area contributed by atoms with Crippen molar-refractivity contribution in [1.82, 2.24) is 10.2 Å². The van der Waals surface area contributed by atoms with Crippen LogP contribution >= 0.6 is 0 Å². The zero-order valence-corrected chi connectivity index (χ0v) is 13.4. The molecule has 0 radical (unpaired) electrons. The van der Waals surface area contributed by atoms with Gasteiger partial charge in [-0.2, -0.15) is 13.2 Å². The van der Waals surface area contributed by atoms with Crippen molar-refractivity contribution in [2.75, 3.05) is 31.5 Å². The van der Waals surface area contributed by atoms with Crippen LogP contribution in [-0.2, 0) is 4.79 Å². The third kappa shape index (κ3) is 4.87. The fourth-order valence-corrected chi connectivity index (χ4v) is 2.61. The Bertz CT molecular complexity index is 611. The highest BCUT2D eigenvalue weighted by Crippen LogP contribution is 2.23. The molecule has 2 N–H and O–H groups in total. The third-order valence-electron chi connectivity index (χ3n) is 3.81. The van der Waals surface area contributed by atoms with Crippen molar-refractivity contribution < 1.29 is 22.8 Å². The molecule has 0 atom stereocenters. The Hall–Kier alpha value is -2.25. The van der Waals surface area contributed by atoms with Crippen molar-refractivity contribution in [3.05, 3.63) is 29.3 Å². The first kappa shape index (κ1) is 18.1. The van der Waals surface area contributed by atoms with Gasteiger partial charge in [0.25, 0.3) is 5.91 Å². The Morgan fingerprint density at radius 3 is 2.50 bits per heavy atom. The van der Waals surface area contributed by atoms with Gasteiger partial charge in [-0.05, 0) is 31.4 Å². The number of benzene rings is 1. The lowest BCUT2D eigenvalue weighted by Gasteiger charge is -2.20. The summed E-state index contributed by atoms with van der Waals surface area (Å²) in [5, 5.41) is 4.56. The fourth-order valence-electron chi connectivity index (χ4n) is 2.61. The van der Waals surface area contributed by atoms with Crippen molar-refractivity contribution >= 4 is 17.5 Å². The summed E-state index contributed by atoms with van der Waals surface area (Å²) in [6.07, 6.45) is -2.53. The number of amides is 2. The van der Waals surface area contributed by atoms with Gasteiger partial charge < -0.3 is 15.5 Å². The van der Waals surface area contributed by atoms with Gasteiger partial charge in [-0.15, -0.1) is 0 Å². The Labute approximate surface area is 138 Å². The van der Waals surface area contributed by atoms with Crippen LogP contribution in [0.2, 0.25) is 0 Å². The number of nitrogens with one attached hydrogen (secondary N) is 2. The van der Waals surface area contributed by atoms with Crippen LogP contribution < -0.4 is 10.6 Å². The topological polar surface area (TPSA) is 61.4 Å². The summed E-state index contributed by atoms with van der Waals surface area (Å²) in [7, 11) is 0. The van der Waals surface area contributed by atoms with Gasteiger partial charge >= 0.3 is 6.18 Å². The number of likely N-dealkylation sites (tertiary alicyclic amines) is 1. The van der Waals surface area contributed by atoms with Crippen LogP contribution in [0, 0.1) is 6.92 Å². The largest absolute Gasteiger partial charge is 0.405 e. The molecule has 5 nitrogen and oxygen atoms in total. The summed E-state index contributed by atoms with van der Waals surface area (Å²) in [5.41, 5.74) is 1.67. The minimum atomic E-state index is -4.45. The summed E-state index contributed by atoms with van der Waals surface area (Å²) >= 11 is 0. The average molecular weight is 343 g/mol. The number of carbonyl (C=O) groups is 2. The Morgan fingerprint density at radius 2 is 1.88 bits per heavy atom. The Kier molecular flexibility index (Phi) is 5.69. The molecule has 0 spiro atoms. The van der Waals surface area contributed by atoms with Gasteiger partial charge in [0.05, 0.1) is 12.1 Å². The molecule has 1 heterocycles. The molecule has 1 fully saturated rings. The normalized spacial score (nSPS) is 14.6. The number of aryl methyl sites for hydroxylation is 1. The molecule has 2 amide bonds. The van der Waals surface area contributed by atoms with Crippen LogP contribution in [0.3, 0.4) is 0 Å². The molecule has 2 rings (SSSR count). The molecule has 0 saturated carbocycles. The zero-order chi connectivity index (χ0) is 17.7. The molecule has 1 aromatic rings. The predicted octanol–water partition coefficient (Wildman–Crippen LogP) is 2.32. The summed E-state index contributed by atoms with van der Waals surface area (Å²) in [5.74, 6) is -0.905. The third-order valence-corrected chi connectivity index (χ3v) is 3.81. The van der Waals surface area contributed by atoms with Gasteiger partial charge in [0, 0.05) is 18.8 Å². The maximum absolute atomic E-state index is 12.6. The molecule has 24 heavy (non-hydrogen) atoms. The Balaban J connectivity index is 2.03. The summed E-state index contributed by atoms with van der Waals surface area (Å²) < 4.78 is 36.3. The lowest BCUT2D eigenvalue weighted by molar-refractivity contribution is -0.137. The summed E-state index contributed by atoms with van der Waals surface area (Å²) in [4.78, 5) is 25.9. The SMILES string of the molecule is Cc1cccc(NCC(=O)NCC(F)(F)F)c1C(=O)N1CCCC1. The number of hydrogen-bond acceptors (Lipinski definition) is 3. The number of anilines is 1. The van der Waals surface area contributed by atoms with Crippen molar-refractivity contribution in [1.29, 1.82) is 0 Å². The van der Waals surface area contributed by atoms with Gasteiger partial charge in [0.15, 0.2) is 0 Å². The van der Waals surface area contributed by atoms with Gasteiger partial charge in [-0.1, -0.05) is 12.1 Å². The summed E-state index contributed by atoms with van der Waals surface area (Å²) in [6.45, 7) is 1.47. The van der Waals surface area contributed by atoms with E-state index in [1.54, 1.807) is 35.3 Å². The van der Waals surface area contributed by atoms with E-state index < -0.39 is 18.6 Å². The van der Waals surface area contributed by atoms with Crippen LogP contribution in [0.15, 0.2) is 18.2 Å². The molecule has 0 bridgehead atoms. The lowest BCUT2D eigenvalue weighted by atomic mass is 10.0. The number of nitrogens with zero attached hydrogens (tertiary/aromatic N) is 1. The van der Waals surface area contributed by atoms with Gasteiger partial charge in [-0.25, -0.2) is 0 Å². The van der Waals surface area contributed by atoms with E-state index in [1.165, 1.54) is 0 Å². The minimum absolute atomic E-state index is 0.121. The number of rotatable bonds is 5. The first-order valence-electron chi connectivity index (χ1n) is 7.74. The smallest absolute Gasteiger partial charge is 0.376 e. The van der Waals surface area contributed by atoms with Crippen LogP contribution in [0.4, 0.5) is 18.9 Å². The lowest BCUT2D eigenvalue weighted by Crippen LogP contribution is -2.37. The summed E-state index contributed by atoms with van der Waals surface area (Å²) in [6, 6.07) is 5.16. The number of halogens is 3. The molecule has 1 aromatic carbocycles. The predicted molar refractivity (Wildman–Crippen MR) is 83.9 cm³/mol. The first-order valence-corrected chi connectivity index (χ1v) is 7.74. The molecule has 1 aliphatic rings. The molecule has 0 aliphatic carbocycles. The molecular formula is C16H20F3N3O2. The molecule has 1 saturated heterocycles. The van der Waals surface area contributed by atoms with E-state index in [9.17, 15) is 22.8 Å². The maximum atomic E-state index is 12.6. The highest BCUT2D eigenvalue weighted by Gasteiger charge is 2.28. The van der Waals surface area contributed by atoms with Crippen LogP contribution in [0.25, 0.3) is 0 Å². The molecule has 8 heteroatoms. The van der Waals surface area contributed by atoms with Crippen molar-refractivity contribution in [2.24, 2.45) is 0 Å². The highest BCUT2D eigenvalue weighted by atomic mass is 19.4. The fraction of sp³-hybridized carbons (Fsp3) is 0.500. The van der Waals surface area contributed by atoms with E-state index >= 15 is 0 Å². The van der Waals surface area contributed by atoms with E-state index in [4.69, 9.17) is 0 Å². The van der Waals surface area contributed by atoms with Gasteiger partial charge in [0.2, 0.25) is 5.91 Å². The minimum Gasteiger partial charge on any atom is -0.376 e. The quantitative estimate of drug-likeness (QED) is 0.863. The number of hydrogen-bond donors (Lipinski definition) is 2. The van der Waals surface area contributed by atoms with Crippen LogP contribution in [0.1, 0.15) is 28.8 Å². The first-order chi connectivity index (χ1) is 11.3. The van der Waals surface area contributed by atoms with E-state index in [0.29, 0.717) is 24.3 Å². The monoisotopic (exact) mass is 343 g/mol. The second-order valence-electron chi connectivity index (χ2n) is 5.74. The van der Waals surface area contributed by atoms with E-state index in [1.807, 2.05) is 0 Å². The average Bonchev–Trinajstić information content (AvgIpc) is 3.04. The second-order valence-corrected chi connectivity index (χ2v) is 5.74. The maximum Gasteiger partial charge on any atom is 0.405 e. The van der Waals surface area contributed by atoms with Crippen LogP contribution in [0.5, 0.6) is 0 Å². The van der Waals surface area contributed by atoms with Gasteiger partial charge in [0.1, 0.15) is 6.54 Å². The van der Waals surface area contributed by atoms with E-state index in [-0.39, 0.29) is 12.5 Å². The van der Waals surface area contributed by atoms with E-state index in [0.717, 1.165) is 18.4 Å². The highest BCUT2D eigenvalue weighted by molar-refractivity contribution is 6.01. The molecule has 1 aliphatic heterocycles. The molecule has 0 aromatic heterocycles. The number of alkyl halides is 3. The van der Waals surface area contributed by atoms with Crippen molar-refractivity contribution in [3.63, 3.8) is 0 Å².